The molecule has 2 aromatic rings. The predicted molar refractivity (Wildman–Crippen MR) is 99.3 cm³/mol. The Morgan fingerprint density at radius 1 is 1.07 bits per heavy atom. The number of methoxy groups -OCH3 is 1. The van der Waals surface area contributed by atoms with E-state index >= 15 is 0 Å². The molecule has 2 aromatic carbocycles. The summed E-state index contributed by atoms with van der Waals surface area (Å²) in [7, 11) is 1.46. The minimum Gasteiger partial charge on any atom is -0.496 e. The molecule has 0 saturated carbocycles. The number of fused-ring (bicyclic) bond motifs is 1. The molecular formula is C20H16N2O6. The molecule has 1 N–H and O–H groups in total. The van der Waals surface area contributed by atoms with E-state index in [4.69, 9.17) is 14.2 Å². The molecular weight excluding hydrogens is 364 g/mol. The molecule has 0 aromatic heterocycles. The topological polar surface area (TPSA) is 94.2 Å². The summed E-state index contributed by atoms with van der Waals surface area (Å²) in [5.74, 6) is -0.121. The Hall–Kier alpha value is -3.81. The van der Waals surface area contributed by atoms with Gasteiger partial charge in [-0.1, -0.05) is 17.7 Å². The lowest BCUT2D eigenvalue weighted by molar-refractivity contribution is -0.122. The summed E-state index contributed by atoms with van der Waals surface area (Å²) < 4.78 is 16.0. The zero-order valence-corrected chi connectivity index (χ0v) is 15.1. The fourth-order valence-electron chi connectivity index (χ4n) is 2.97. The Morgan fingerprint density at radius 2 is 1.75 bits per heavy atom. The highest BCUT2D eigenvalue weighted by molar-refractivity contribution is 6.39. The van der Waals surface area contributed by atoms with E-state index in [1.165, 1.54) is 13.2 Å². The average molecular weight is 380 g/mol. The first-order valence-electron chi connectivity index (χ1n) is 8.43. The number of benzene rings is 2. The number of amides is 4. The van der Waals surface area contributed by atoms with E-state index in [0.717, 1.165) is 10.5 Å². The van der Waals surface area contributed by atoms with Crippen LogP contribution < -0.4 is 24.4 Å². The monoisotopic (exact) mass is 380 g/mol. The molecule has 28 heavy (non-hydrogen) atoms. The summed E-state index contributed by atoms with van der Waals surface area (Å²) in [5, 5.41) is 2.20. The van der Waals surface area contributed by atoms with Gasteiger partial charge in [0, 0.05) is 11.6 Å². The molecule has 4 rings (SSSR count). The average Bonchev–Trinajstić information content (AvgIpc) is 3.13. The molecule has 0 atom stereocenters. The molecule has 2 heterocycles. The van der Waals surface area contributed by atoms with Gasteiger partial charge in [0.2, 0.25) is 6.79 Å². The Balaban J connectivity index is 1.76. The van der Waals surface area contributed by atoms with Gasteiger partial charge >= 0.3 is 6.03 Å². The van der Waals surface area contributed by atoms with Gasteiger partial charge in [-0.25, -0.2) is 9.69 Å². The zero-order chi connectivity index (χ0) is 19.8. The molecule has 8 nitrogen and oxygen atoms in total. The van der Waals surface area contributed by atoms with Crippen molar-refractivity contribution in [1.29, 1.82) is 0 Å². The van der Waals surface area contributed by atoms with Crippen molar-refractivity contribution in [2.75, 3.05) is 18.8 Å². The number of carbonyl (C=O) groups is 3. The van der Waals surface area contributed by atoms with Crippen LogP contribution >= 0.6 is 0 Å². The van der Waals surface area contributed by atoms with Crippen LogP contribution in [0.4, 0.5) is 10.5 Å². The van der Waals surface area contributed by atoms with E-state index in [1.54, 1.807) is 36.4 Å². The largest absolute Gasteiger partial charge is 0.496 e. The number of anilines is 1. The first kappa shape index (κ1) is 17.6. The van der Waals surface area contributed by atoms with E-state index < -0.39 is 17.8 Å². The molecule has 0 aliphatic carbocycles. The highest BCUT2D eigenvalue weighted by Crippen LogP contribution is 2.39. The molecule has 2 aliphatic rings. The maximum Gasteiger partial charge on any atom is 0.335 e. The number of hydrogen-bond donors (Lipinski definition) is 1. The van der Waals surface area contributed by atoms with Crippen LogP contribution in [0.25, 0.3) is 6.08 Å². The normalized spacial score (nSPS) is 17.1. The second-order valence-corrected chi connectivity index (χ2v) is 6.24. The van der Waals surface area contributed by atoms with Crippen LogP contribution in [0.3, 0.4) is 0 Å². The van der Waals surface area contributed by atoms with Crippen molar-refractivity contribution in [3.8, 4) is 17.2 Å². The number of rotatable bonds is 3. The Morgan fingerprint density at radius 3 is 2.43 bits per heavy atom. The van der Waals surface area contributed by atoms with Gasteiger partial charge < -0.3 is 14.2 Å². The first-order chi connectivity index (χ1) is 13.5. The maximum atomic E-state index is 12.9. The van der Waals surface area contributed by atoms with E-state index in [-0.39, 0.29) is 12.4 Å². The van der Waals surface area contributed by atoms with Crippen LogP contribution in [0.1, 0.15) is 11.1 Å². The number of aryl methyl sites for hydroxylation is 1. The van der Waals surface area contributed by atoms with E-state index in [9.17, 15) is 14.4 Å². The van der Waals surface area contributed by atoms with Crippen molar-refractivity contribution in [1.82, 2.24) is 5.32 Å². The summed E-state index contributed by atoms with van der Waals surface area (Å²) in [5.41, 5.74) is 1.59. The van der Waals surface area contributed by atoms with Crippen LogP contribution in [-0.4, -0.2) is 31.7 Å². The number of ether oxygens (including phenoxy) is 3. The first-order valence-corrected chi connectivity index (χ1v) is 8.43. The third kappa shape index (κ3) is 2.94. The summed E-state index contributed by atoms with van der Waals surface area (Å²) in [4.78, 5) is 38.5. The van der Waals surface area contributed by atoms with Crippen LogP contribution in [-0.2, 0) is 9.59 Å². The van der Waals surface area contributed by atoms with E-state index in [1.807, 2.05) is 6.92 Å². The van der Waals surface area contributed by atoms with Crippen molar-refractivity contribution in [3.05, 3.63) is 53.1 Å². The lowest BCUT2D eigenvalue weighted by atomic mass is 10.1. The highest BCUT2D eigenvalue weighted by Gasteiger charge is 2.37. The van der Waals surface area contributed by atoms with Crippen molar-refractivity contribution < 1.29 is 28.6 Å². The molecule has 0 radical (unpaired) electrons. The Labute approximate surface area is 160 Å². The van der Waals surface area contributed by atoms with Gasteiger partial charge in [0.25, 0.3) is 11.8 Å². The number of barbiturate groups is 1. The number of imide groups is 2. The van der Waals surface area contributed by atoms with Crippen molar-refractivity contribution >= 4 is 29.6 Å². The van der Waals surface area contributed by atoms with Crippen LogP contribution in [0.15, 0.2) is 42.0 Å². The molecule has 1 fully saturated rings. The van der Waals surface area contributed by atoms with E-state index in [2.05, 4.69) is 5.32 Å². The predicted octanol–water partition coefficient (Wildman–Crippen LogP) is 2.40. The molecule has 0 bridgehead atoms. The Kier molecular flexibility index (Phi) is 4.23. The number of hydrogen-bond acceptors (Lipinski definition) is 6. The quantitative estimate of drug-likeness (QED) is 0.649. The van der Waals surface area contributed by atoms with Crippen LogP contribution in [0, 0.1) is 6.92 Å². The van der Waals surface area contributed by atoms with Crippen molar-refractivity contribution in [3.63, 3.8) is 0 Å². The molecule has 2 aliphatic heterocycles. The molecule has 0 unspecified atom stereocenters. The second-order valence-electron chi connectivity index (χ2n) is 6.24. The van der Waals surface area contributed by atoms with Gasteiger partial charge in [0.1, 0.15) is 11.3 Å². The summed E-state index contributed by atoms with van der Waals surface area (Å²) in [6.45, 7) is 1.97. The Bertz CT molecular complexity index is 1030. The summed E-state index contributed by atoms with van der Waals surface area (Å²) in [6.07, 6.45) is 1.37. The highest BCUT2D eigenvalue weighted by atomic mass is 16.7. The fraction of sp³-hybridized carbons (Fsp3) is 0.150. The molecule has 0 spiro atoms. The standard InChI is InChI=1S/C20H16N2O6/c1-11-3-5-13(6-4-11)22-19(24)14(18(23)21-20(22)25)7-12-8-16-17(28-10-27-16)9-15(12)26-2/h3-9H,10H2,1-2H3,(H,21,23,25)/b14-7+. The van der Waals surface area contributed by atoms with Gasteiger partial charge in [-0.2, -0.15) is 0 Å². The number of nitrogens with zero attached hydrogens (tertiary/aromatic N) is 1. The van der Waals surface area contributed by atoms with Crippen molar-refractivity contribution in [2.45, 2.75) is 6.92 Å². The second kappa shape index (κ2) is 6.73. The SMILES string of the molecule is COc1cc2c(cc1/C=C1\C(=O)NC(=O)N(c3ccc(C)cc3)C1=O)OCO2. The number of urea groups is 1. The van der Waals surface area contributed by atoms with Gasteiger partial charge in [-0.3, -0.25) is 14.9 Å². The summed E-state index contributed by atoms with van der Waals surface area (Å²) >= 11 is 0. The van der Waals surface area contributed by atoms with Crippen LogP contribution in [0.2, 0.25) is 0 Å². The fourth-order valence-corrected chi connectivity index (χ4v) is 2.97. The van der Waals surface area contributed by atoms with Crippen LogP contribution in [0.5, 0.6) is 17.2 Å². The number of carbonyl (C=O) groups excluding carboxylic acids is 3. The minimum atomic E-state index is -0.798. The third-order valence-corrected chi connectivity index (χ3v) is 4.42. The lowest BCUT2D eigenvalue weighted by Gasteiger charge is -2.26. The zero-order valence-electron chi connectivity index (χ0n) is 15.1. The smallest absolute Gasteiger partial charge is 0.335 e. The number of nitrogens with one attached hydrogen (secondary N) is 1. The molecule has 8 heteroatoms. The maximum absolute atomic E-state index is 12.9. The molecule has 142 valence electrons. The van der Waals surface area contributed by atoms with Gasteiger partial charge in [-0.05, 0) is 31.2 Å². The lowest BCUT2D eigenvalue weighted by Crippen LogP contribution is -2.54. The van der Waals surface area contributed by atoms with Gasteiger partial charge in [0.15, 0.2) is 11.5 Å². The van der Waals surface area contributed by atoms with Crippen molar-refractivity contribution in [2.24, 2.45) is 0 Å². The third-order valence-electron chi connectivity index (χ3n) is 4.42. The van der Waals surface area contributed by atoms with Gasteiger partial charge in [0.05, 0.1) is 12.8 Å². The van der Waals surface area contributed by atoms with E-state index in [0.29, 0.717) is 28.5 Å². The summed E-state index contributed by atoms with van der Waals surface area (Å²) in [6, 6.07) is 9.26. The van der Waals surface area contributed by atoms with Gasteiger partial charge in [-0.15, -0.1) is 0 Å². The molecule has 4 amide bonds. The molecule has 1 saturated heterocycles. The minimum absolute atomic E-state index is 0.0770.